The number of nitrogens with one attached hydrogen (secondary N) is 2. The summed E-state index contributed by atoms with van der Waals surface area (Å²) in [7, 11) is 1.59. The number of rotatable bonds is 3. The topological polar surface area (TPSA) is 82.7 Å². The Labute approximate surface area is 92.3 Å². The maximum absolute atomic E-state index is 7.65. The molecule has 1 rings (SSSR count). The predicted octanol–water partition coefficient (Wildman–Crippen LogP) is 1.68. The third-order valence-corrected chi connectivity index (χ3v) is 2.16. The van der Waals surface area contributed by atoms with Crippen molar-refractivity contribution in [3.63, 3.8) is 0 Å². The first kappa shape index (κ1) is 11.8. The lowest BCUT2D eigenvalue weighted by molar-refractivity contribution is 0.181. The van der Waals surface area contributed by atoms with Gasteiger partial charge in [0.1, 0.15) is 5.04 Å². The molecule has 15 heavy (non-hydrogen) atoms. The van der Waals surface area contributed by atoms with Crippen LogP contribution in [0.3, 0.4) is 0 Å². The Morgan fingerprint density at radius 1 is 1.53 bits per heavy atom. The van der Waals surface area contributed by atoms with E-state index in [1.807, 2.05) is 0 Å². The fourth-order valence-electron chi connectivity index (χ4n) is 0.932. The molecule has 6 heteroatoms. The van der Waals surface area contributed by atoms with Crippen molar-refractivity contribution in [2.75, 3.05) is 7.11 Å². The molecule has 0 unspecified atom stereocenters. The molecule has 1 heterocycles. The summed E-state index contributed by atoms with van der Waals surface area (Å²) in [4.78, 5) is 8.10. The Bertz CT molecular complexity index is 380. The number of hydrogen-bond acceptors (Lipinski definition) is 6. The van der Waals surface area contributed by atoms with Crippen molar-refractivity contribution in [1.82, 2.24) is 9.97 Å². The van der Waals surface area contributed by atoms with E-state index < -0.39 is 0 Å². The SMILES string of the molecule is COCc1ccnc(C(=N)SC(C)=N)n1. The van der Waals surface area contributed by atoms with Crippen molar-refractivity contribution in [2.45, 2.75) is 13.5 Å². The largest absolute Gasteiger partial charge is 0.378 e. The molecule has 0 atom stereocenters. The Kier molecular flexibility index (Phi) is 4.38. The van der Waals surface area contributed by atoms with Crippen molar-refractivity contribution in [3.05, 3.63) is 23.8 Å². The molecule has 0 saturated heterocycles. The van der Waals surface area contributed by atoms with Crippen LogP contribution in [0.1, 0.15) is 18.4 Å². The molecule has 0 aromatic carbocycles. The molecule has 0 amide bonds. The molecule has 5 nitrogen and oxygen atoms in total. The van der Waals surface area contributed by atoms with Gasteiger partial charge in [-0.2, -0.15) is 0 Å². The minimum Gasteiger partial charge on any atom is -0.378 e. The summed E-state index contributed by atoms with van der Waals surface area (Å²) < 4.78 is 4.93. The smallest absolute Gasteiger partial charge is 0.184 e. The highest BCUT2D eigenvalue weighted by Crippen LogP contribution is 2.09. The van der Waals surface area contributed by atoms with Crippen molar-refractivity contribution in [2.24, 2.45) is 0 Å². The second kappa shape index (κ2) is 5.57. The highest BCUT2D eigenvalue weighted by Gasteiger charge is 2.07. The van der Waals surface area contributed by atoms with Gasteiger partial charge in [-0.3, -0.25) is 10.8 Å². The third kappa shape index (κ3) is 3.77. The highest BCUT2D eigenvalue weighted by molar-refractivity contribution is 8.26. The van der Waals surface area contributed by atoms with E-state index in [-0.39, 0.29) is 5.04 Å². The van der Waals surface area contributed by atoms with Crippen LogP contribution in [0.25, 0.3) is 0 Å². The predicted molar refractivity (Wildman–Crippen MR) is 60.6 cm³/mol. The molecule has 0 spiro atoms. The standard InChI is InChI=1S/C9H12N4OS/c1-6(10)15-8(11)9-12-4-3-7(13-9)5-14-2/h3-4,10-11H,5H2,1-2H3. The molecule has 1 aromatic rings. The lowest BCUT2D eigenvalue weighted by atomic mass is 10.4. The molecule has 80 valence electrons. The zero-order valence-electron chi connectivity index (χ0n) is 8.57. The maximum atomic E-state index is 7.65. The number of ether oxygens (including phenoxy) is 1. The summed E-state index contributed by atoms with van der Waals surface area (Å²) in [5, 5.41) is 15.4. The van der Waals surface area contributed by atoms with Gasteiger partial charge in [0.2, 0.25) is 0 Å². The van der Waals surface area contributed by atoms with Crippen LogP contribution in [0.2, 0.25) is 0 Å². The zero-order chi connectivity index (χ0) is 11.3. The average Bonchev–Trinajstić information content (AvgIpc) is 2.17. The van der Waals surface area contributed by atoms with Gasteiger partial charge in [-0.05, 0) is 13.0 Å². The van der Waals surface area contributed by atoms with Crippen LogP contribution in [0, 0.1) is 10.8 Å². The minimum absolute atomic E-state index is 0.181. The van der Waals surface area contributed by atoms with Crippen LogP contribution in [-0.4, -0.2) is 27.2 Å². The van der Waals surface area contributed by atoms with Crippen LogP contribution in [0.4, 0.5) is 0 Å². The van der Waals surface area contributed by atoms with E-state index in [1.54, 1.807) is 26.3 Å². The monoisotopic (exact) mass is 224 g/mol. The van der Waals surface area contributed by atoms with Crippen LogP contribution >= 0.6 is 11.8 Å². The van der Waals surface area contributed by atoms with Crippen LogP contribution in [0.5, 0.6) is 0 Å². The molecule has 0 radical (unpaired) electrons. The summed E-state index contributed by atoms with van der Waals surface area (Å²) in [5.74, 6) is 0.334. The number of thioether (sulfide) groups is 1. The van der Waals surface area contributed by atoms with Crippen molar-refractivity contribution < 1.29 is 4.74 Å². The lowest BCUT2D eigenvalue weighted by Crippen LogP contribution is -2.05. The van der Waals surface area contributed by atoms with Gasteiger partial charge >= 0.3 is 0 Å². The van der Waals surface area contributed by atoms with Crippen molar-refractivity contribution in [3.8, 4) is 0 Å². The van der Waals surface area contributed by atoms with Gasteiger partial charge in [0, 0.05) is 13.3 Å². The van der Waals surface area contributed by atoms with E-state index in [0.717, 1.165) is 17.5 Å². The van der Waals surface area contributed by atoms with Crippen LogP contribution in [0.15, 0.2) is 12.3 Å². The Balaban J connectivity index is 2.80. The summed E-state index contributed by atoms with van der Waals surface area (Å²) in [6, 6.07) is 1.74. The van der Waals surface area contributed by atoms with Gasteiger partial charge < -0.3 is 4.74 Å². The number of hydrogen-bond donors (Lipinski definition) is 2. The molecule has 0 aliphatic carbocycles. The van der Waals surface area contributed by atoms with E-state index in [0.29, 0.717) is 17.5 Å². The third-order valence-electron chi connectivity index (χ3n) is 1.46. The summed E-state index contributed by atoms with van der Waals surface area (Å²) in [6.45, 7) is 2.02. The van der Waals surface area contributed by atoms with Gasteiger partial charge in [-0.25, -0.2) is 9.97 Å². The fourth-order valence-corrected chi connectivity index (χ4v) is 1.43. The minimum atomic E-state index is 0.181. The first-order chi connectivity index (χ1) is 7.13. The number of aromatic nitrogens is 2. The summed E-state index contributed by atoms with van der Waals surface area (Å²) in [6.07, 6.45) is 1.59. The Hall–Kier alpha value is -1.27. The second-order valence-corrected chi connectivity index (χ2v) is 4.02. The molecule has 0 aliphatic heterocycles. The second-order valence-electron chi connectivity index (χ2n) is 2.79. The lowest BCUT2D eigenvalue weighted by Gasteiger charge is -2.03. The van der Waals surface area contributed by atoms with Crippen LogP contribution in [-0.2, 0) is 11.3 Å². The number of nitrogens with zero attached hydrogens (tertiary/aromatic N) is 2. The summed E-state index contributed by atoms with van der Waals surface area (Å²) in [5.41, 5.74) is 0.732. The molecule has 0 fully saturated rings. The number of methoxy groups -OCH3 is 1. The Morgan fingerprint density at radius 3 is 2.87 bits per heavy atom. The van der Waals surface area contributed by atoms with Crippen molar-refractivity contribution in [1.29, 1.82) is 10.8 Å². The molecular formula is C9H12N4OS. The first-order valence-electron chi connectivity index (χ1n) is 4.26. The normalized spacial score (nSPS) is 10.0. The van der Waals surface area contributed by atoms with Crippen molar-refractivity contribution >= 4 is 21.8 Å². The van der Waals surface area contributed by atoms with Gasteiger partial charge in [0.25, 0.3) is 0 Å². The molecule has 1 aromatic heterocycles. The van der Waals surface area contributed by atoms with Crippen LogP contribution < -0.4 is 0 Å². The summed E-state index contributed by atoms with van der Waals surface area (Å²) >= 11 is 1.04. The van der Waals surface area contributed by atoms with Gasteiger partial charge in [-0.1, -0.05) is 11.8 Å². The van der Waals surface area contributed by atoms with E-state index in [1.165, 1.54) is 0 Å². The maximum Gasteiger partial charge on any atom is 0.184 e. The average molecular weight is 224 g/mol. The highest BCUT2D eigenvalue weighted by atomic mass is 32.2. The van der Waals surface area contributed by atoms with E-state index in [9.17, 15) is 0 Å². The molecule has 0 aliphatic rings. The fraction of sp³-hybridized carbons (Fsp3) is 0.333. The zero-order valence-corrected chi connectivity index (χ0v) is 9.39. The van der Waals surface area contributed by atoms with E-state index in [4.69, 9.17) is 15.6 Å². The quantitative estimate of drug-likeness (QED) is 0.604. The Morgan fingerprint density at radius 2 is 2.27 bits per heavy atom. The first-order valence-corrected chi connectivity index (χ1v) is 5.08. The molecule has 2 N–H and O–H groups in total. The van der Waals surface area contributed by atoms with Gasteiger partial charge in [-0.15, -0.1) is 0 Å². The van der Waals surface area contributed by atoms with E-state index in [2.05, 4.69) is 9.97 Å². The van der Waals surface area contributed by atoms with E-state index >= 15 is 0 Å². The molecular weight excluding hydrogens is 212 g/mol. The molecule has 0 bridgehead atoms. The molecule has 0 saturated carbocycles. The van der Waals surface area contributed by atoms with Gasteiger partial charge in [0.15, 0.2) is 5.82 Å². The van der Waals surface area contributed by atoms with Gasteiger partial charge in [0.05, 0.1) is 17.3 Å².